The van der Waals surface area contributed by atoms with Crippen molar-refractivity contribution in [3.8, 4) is 5.69 Å². The molecule has 1 atom stereocenters. The number of hydrogen-bond acceptors (Lipinski definition) is 5. The first-order valence-electron chi connectivity index (χ1n) is 7.89. The number of halogens is 2. The number of tetrazole rings is 1. The molecule has 1 aromatic heterocycles. The van der Waals surface area contributed by atoms with Gasteiger partial charge in [-0.1, -0.05) is 23.9 Å². The Balaban J connectivity index is 1.87. The molecule has 5 nitrogen and oxygen atoms in total. The average molecular weight is 374 g/mol. The van der Waals surface area contributed by atoms with E-state index >= 15 is 0 Å². The second kappa shape index (κ2) is 7.33. The van der Waals surface area contributed by atoms with Crippen LogP contribution in [0.4, 0.5) is 8.78 Å². The minimum Gasteiger partial charge on any atom is -0.293 e. The summed E-state index contributed by atoms with van der Waals surface area (Å²) >= 11 is 1.12. The van der Waals surface area contributed by atoms with Gasteiger partial charge in [-0.3, -0.25) is 4.79 Å². The molecule has 1 heterocycles. The molecule has 0 bridgehead atoms. The van der Waals surface area contributed by atoms with Crippen LogP contribution < -0.4 is 0 Å². The summed E-state index contributed by atoms with van der Waals surface area (Å²) in [4.78, 5) is 12.5. The fourth-order valence-electron chi connectivity index (χ4n) is 2.49. The van der Waals surface area contributed by atoms with Crippen LogP contribution in [0.5, 0.6) is 0 Å². The van der Waals surface area contributed by atoms with E-state index in [1.54, 1.807) is 11.6 Å². The molecule has 0 spiro atoms. The maximum atomic E-state index is 13.9. The van der Waals surface area contributed by atoms with E-state index in [9.17, 15) is 13.6 Å². The zero-order valence-corrected chi connectivity index (χ0v) is 15.2. The van der Waals surface area contributed by atoms with E-state index in [2.05, 4.69) is 15.5 Å². The van der Waals surface area contributed by atoms with Crippen molar-refractivity contribution in [3.05, 3.63) is 64.7 Å². The van der Waals surface area contributed by atoms with E-state index in [1.165, 1.54) is 0 Å². The standard InChI is InChI=1S/C18H16F2N4OS/c1-10-5-4-6-16(11(10)2)24-18(21-22-23-24)26-12(3)17(25)14-8-7-13(19)9-15(14)20/h4-9,12H,1-3H3. The molecule has 0 saturated heterocycles. The van der Waals surface area contributed by atoms with Crippen molar-refractivity contribution in [2.75, 3.05) is 0 Å². The number of hydrogen-bond donors (Lipinski definition) is 0. The third-order valence-corrected chi connectivity index (χ3v) is 5.13. The Kier molecular flexibility index (Phi) is 5.13. The zero-order chi connectivity index (χ0) is 18.8. The quantitative estimate of drug-likeness (QED) is 0.500. The summed E-state index contributed by atoms with van der Waals surface area (Å²) in [5.74, 6) is -2.06. The van der Waals surface area contributed by atoms with Crippen molar-refractivity contribution in [3.63, 3.8) is 0 Å². The number of carbonyl (C=O) groups excluding carboxylic acids is 1. The third kappa shape index (κ3) is 3.50. The van der Waals surface area contributed by atoms with Crippen molar-refractivity contribution >= 4 is 17.5 Å². The van der Waals surface area contributed by atoms with Gasteiger partial charge in [0, 0.05) is 6.07 Å². The number of thioether (sulfide) groups is 1. The van der Waals surface area contributed by atoms with Gasteiger partial charge in [0.2, 0.25) is 5.16 Å². The lowest BCUT2D eigenvalue weighted by Gasteiger charge is -2.12. The van der Waals surface area contributed by atoms with Gasteiger partial charge >= 0.3 is 0 Å². The van der Waals surface area contributed by atoms with E-state index in [-0.39, 0.29) is 5.56 Å². The maximum Gasteiger partial charge on any atom is 0.214 e. The molecule has 0 aliphatic carbocycles. The Morgan fingerprint density at radius 2 is 1.96 bits per heavy atom. The molecular formula is C18H16F2N4OS. The van der Waals surface area contributed by atoms with Gasteiger partial charge in [-0.2, -0.15) is 4.68 Å². The van der Waals surface area contributed by atoms with Gasteiger partial charge in [-0.15, -0.1) is 5.10 Å². The first kappa shape index (κ1) is 18.2. The van der Waals surface area contributed by atoms with Crippen LogP contribution in [0.25, 0.3) is 5.69 Å². The molecule has 0 saturated carbocycles. The number of ketones is 1. The monoisotopic (exact) mass is 374 g/mol. The highest BCUT2D eigenvalue weighted by atomic mass is 32.2. The number of Topliss-reactive ketones (excluding diaryl/α,β-unsaturated/α-hetero) is 1. The number of rotatable bonds is 5. The van der Waals surface area contributed by atoms with Crippen LogP contribution in [0.15, 0.2) is 41.6 Å². The largest absolute Gasteiger partial charge is 0.293 e. The van der Waals surface area contributed by atoms with Crippen LogP contribution in [-0.2, 0) is 0 Å². The van der Waals surface area contributed by atoms with Crippen LogP contribution in [0.2, 0.25) is 0 Å². The molecule has 134 valence electrons. The number of aryl methyl sites for hydroxylation is 1. The lowest BCUT2D eigenvalue weighted by atomic mass is 10.1. The number of benzene rings is 2. The van der Waals surface area contributed by atoms with E-state index < -0.39 is 22.7 Å². The lowest BCUT2D eigenvalue weighted by Crippen LogP contribution is -2.16. The first-order chi connectivity index (χ1) is 12.4. The fourth-order valence-corrected chi connectivity index (χ4v) is 3.36. The molecule has 1 unspecified atom stereocenters. The lowest BCUT2D eigenvalue weighted by molar-refractivity contribution is 0.0990. The maximum absolute atomic E-state index is 13.9. The average Bonchev–Trinajstić information content (AvgIpc) is 3.04. The molecular weight excluding hydrogens is 358 g/mol. The van der Waals surface area contributed by atoms with E-state index in [0.717, 1.165) is 40.7 Å². The SMILES string of the molecule is Cc1cccc(-n2nnnc2SC(C)C(=O)c2ccc(F)cc2F)c1C. The highest BCUT2D eigenvalue weighted by Crippen LogP contribution is 2.27. The predicted octanol–water partition coefficient (Wildman–Crippen LogP) is 3.92. The van der Waals surface area contributed by atoms with Gasteiger partial charge < -0.3 is 0 Å². The Bertz CT molecular complexity index is 974. The Labute approximate surface area is 153 Å². The van der Waals surface area contributed by atoms with E-state index in [1.807, 2.05) is 32.0 Å². The van der Waals surface area contributed by atoms with Crippen LogP contribution >= 0.6 is 11.8 Å². The predicted molar refractivity (Wildman–Crippen MR) is 94.6 cm³/mol. The van der Waals surface area contributed by atoms with Gasteiger partial charge in [-0.05, 0) is 60.5 Å². The molecule has 0 aliphatic rings. The molecule has 0 fully saturated rings. The molecule has 8 heteroatoms. The minimum atomic E-state index is -0.878. The van der Waals surface area contributed by atoms with Crippen LogP contribution in [0, 0.1) is 25.5 Å². The highest BCUT2D eigenvalue weighted by molar-refractivity contribution is 8.00. The van der Waals surface area contributed by atoms with Crippen LogP contribution in [-0.4, -0.2) is 31.2 Å². The topological polar surface area (TPSA) is 60.7 Å². The van der Waals surface area contributed by atoms with Gasteiger partial charge in [0.05, 0.1) is 16.5 Å². The number of nitrogens with zero attached hydrogens (tertiary/aromatic N) is 4. The molecule has 0 radical (unpaired) electrons. The van der Waals surface area contributed by atoms with Crippen molar-refractivity contribution in [1.29, 1.82) is 0 Å². The van der Waals surface area contributed by atoms with Crippen LogP contribution in [0.3, 0.4) is 0 Å². The second-order valence-corrected chi connectivity index (χ2v) is 7.15. The number of carbonyl (C=O) groups is 1. The molecule has 3 rings (SSSR count). The summed E-state index contributed by atoms with van der Waals surface area (Å²) in [5, 5.41) is 11.4. The van der Waals surface area contributed by atoms with Crippen molar-refractivity contribution in [2.45, 2.75) is 31.2 Å². The molecule has 2 aromatic carbocycles. The molecule has 0 N–H and O–H groups in total. The number of aromatic nitrogens is 4. The Morgan fingerprint density at radius 1 is 1.19 bits per heavy atom. The normalized spacial score (nSPS) is 12.2. The first-order valence-corrected chi connectivity index (χ1v) is 8.77. The Hall–Kier alpha value is -2.61. The highest BCUT2D eigenvalue weighted by Gasteiger charge is 2.23. The minimum absolute atomic E-state index is 0.155. The van der Waals surface area contributed by atoms with Crippen molar-refractivity contribution < 1.29 is 13.6 Å². The van der Waals surface area contributed by atoms with E-state index in [4.69, 9.17) is 0 Å². The third-order valence-electron chi connectivity index (χ3n) is 4.09. The van der Waals surface area contributed by atoms with Crippen molar-refractivity contribution in [2.24, 2.45) is 0 Å². The second-order valence-electron chi connectivity index (χ2n) is 5.84. The summed E-state index contributed by atoms with van der Waals surface area (Å²) in [6.45, 7) is 5.58. The van der Waals surface area contributed by atoms with Crippen molar-refractivity contribution in [1.82, 2.24) is 20.2 Å². The van der Waals surface area contributed by atoms with Gasteiger partial charge in [0.15, 0.2) is 5.78 Å². The smallest absolute Gasteiger partial charge is 0.214 e. The summed E-state index contributed by atoms with van der Waals surface area (Å²) in [7, 11) is 0. The summed E-state index contributed by atoms with van der Waals surface area (Å²) in [5.41, 5.74) is 2.76. The zero-order valence-electron chi connectivity index (χ0n) is 14.4. The van der Waals surface area contributed by atoms with Gasteiger partial charge in [0.1, 0.15) is 11.6 Å². The molecule has 3 aromatic rings. The fraction of sp³-hybridized carbons (Fsp3) is 0.222. The summed E-state index contributed by atoms with van der Waals surface area (Å²) < 4.78 is 28.5. The molecule has 0 amide bonds. The Morgan fingerprint density at radius 3 is 2.69 bits per heavy atom. The summed E-state index contributed by atoms with van der Waals surface area (Å²) in [6, 6.07) is 8.68. The van der Waals surface area contributed by atoms with Gasteiger partial charge in [-0.25, -0.2) is 8.78 Å². The van der Waals surface area contributed by atoms with Crippen LogP contribution in [0.1, 0.15) is 28.4 Å². The molecule has 0 aliphatic heterocycles. The summed E-state index contributed by atoms with van der Waals surface area (Å²) in [6.07, 6.45) is 0. The van der Waals surface area contributed by atoms with Gasteiger partial charge in [0.25, 0.3) is 0 Å². The molecule has 26 heavy (non-hydrogen) atoms. The van der Waals surface area contributed by atoms with E-state index in [0.29, 0.717) is 11.2 Å².